The van der Waals surface area contributed by atoms with Crippen molar-refractivity contribution in [3.8, 4) is 0 Å². The molecule has 2 amide bonds. The van der Waals surface area contributed by atoms with Crippen LogP contribution in [-0.2, 0) is 22.7 Å². The van der Waals surface area contributed by atoms with Gasteiger partial charge < -0.3 is 20.3 Å². The number of rotatable bonds is 11. The minimum Gasteiger partial charge on any atom is -0.390 e. The molecule has 0 saturated heterocycles. The predicted octanol–water partition coefficient (Wildman–Crippen LogP) is 2.47. The van der Waals surface area contributed by atoms with Crippen LogP contribution >= 0.6 is 11.8 Å². The van der Waals surface area contributed by atoms with Crippen molar-refractivity contribution in [1.82, 2.24) is 14.9 Å². The lowest BCUT2D eigenvalue weighted by atomic mass is 10.1. The Morgan fingerprint density at radius 1 is 1.17 bits per heavy atom. The molecule has 1 aromatic heterocycles. The molecule has 1 heterocycles. The summed E-state index contributed by atoms with van der Waals surface area (Å²) in [6.45, 7) is 6.03. The van der Waals surface area contributed by atoms with Crippen molar-refractivity contribution in [2.24, 2.45) is 5.92 Å². The number of aliphatic hydroxyl groups is 1. The van der Waals surface area contributed by atoms with Gasteiger partial charge in [0.15, 0.2) is 10.9 Å². The number of imidazole rings is 1. The van der Waals surface area contributed by atoms with E-state index in [0.717, 1.165) is 6.42 Å². The van der Waals surface area contributed by atoms with Gasteiger partial charge in [-0.25, -0.2) is 4.98 Å². The number of amides is 2. The van der Waals surface area contributed by atoms with Crippen molar-refractivity contribution in [3.63, 3.8) is 0 Å². The van der Waals surface area contributed by atoms with Gasteiger partial charge in [-0.15, -0.1) is 0 Å². The number of hydrogen-bond acceptors (Lipinski definition) is 6. The van der Waals surface area contributed by atoms with Gasteiger partial charge in [-0.05, 0) is 43.5 Å². The zero-order chi connectivity index (χ0) is 22.1. The van der Waals surface area contributed by atoms with Gasteiger partial charge in [0.05, 0.1) is 24.3 Å². The minimum absolute atomic E-state index is 0.0322. The summed E-state index contributed by atoms with van der Waals surface area (Å²) in [7, 11) is 0. The highest BCUT2D eigenvalue weighted by Crippen LogP contribution is 2.19. The van der Waals surface area contributed by atoms with E-state index in [1.165, 1.54) is 24.9 Å². The second-order valence-electron chi connectivity index (χ2n) is 7.28. The monoisotopic (exact) mass is 432 g/mol. The summed E-state index contributed by atoms with van der Waals surface area (Å²) < 4.78 is 1.62. The van der Waals surface area contributed by atoms with Crippen LogP contribution in [0.5, 0.6) is 0 Å². The minimum atomic E-state index is -0.248. The van der Waals surface area contributed by atoms with E-state index in [0.29, 0.717) is 34.6 Å². The standard InChI is InChI=1S/C21H28N4O4S/c1-14(2)8-9-22-19(28)11-25-18(12-26)10-23-21(25)30-13-20(29)24-17-6-4-16(5-7-17)15(3)27/h4-7,10,14,26H,8-9,11-13H2,1-3H3,(H,22,28)(H,24,29). The first-order valence-corrected chi connectivity index (χ1v) is 10.7. The van der Waals surface area contributed by atoms with Gasteiger partial charge in [0.25, 0.3) is 0 Å². The van der Waals surface area contributed by atoms with Gasteiger partial charge in [0.1, 0.15) is 6.54 Å². The van der Waals surface area contributed by atoms with Crippen LogP contribution in [-0.4, -0.2) is 44.6 Å². The lowest BCUT2D eigenvalue weighted by molar-refractivity contribution is -0.121. The molecule has 0 bridgehead atoms. The second-order valence-corrected chi connectivity index (χ2v) is 8.22. The Morgan fingerprint density at radius 2 is 1.87 bits per heavy atom. The smallest absolute Gasteiger partial charge is 0.240 e. The fourth-order valence-corrected chi connectivity index (χ4v) is 3.41. The van der Waals surface area contributed by atoms with Crippen LogP contribution < -0.4 is 10.6 Å². The van der Waals surface area contributed by atoms with E-state index in [1.54, 1.807) is 28.8 Å². The number of nitrogens with zero attached hydrogens (tertiary/aromatic N) is 2. The molecule has 2 rings (SSSR count). The van der Waals surface area contributed by atoms with Crippen molar-refractivity contribution in [3.05, 3.63) is 41.7 Å². The van der Waals surface area contributed by atoms with Gasteiger partial charge in [-0.1, -0.05) is 25.6 Å². The number of thioether (sulfide) groups is 1. The van der Waals surface area contributed by atoms with E-state index in [-0.39, 0.29) is 36.5 Å². The summed E-state index contributed by atoms with van der Waals surface area (Å²) in [6.07, 6.45) is 2.39. The summed E-state index contributed by atoms with van der Waals surface area (Å²) in [4.78, 5) is 40.0. The third kappa shape index (κ3) is 7.31. The first-order valence-electron chi connectivity index (χ1n) is 9.75. The Morgan fingerprint density at radius 3 is 2.47 bits per heavy atom. The Bertz CT molecular complexity index is 878. The highest BCUT2D eigenvalue weighted by molar-refractivity contribution is 7.99. The molecule has 3 N–H and O–H groups in total. The van der Waals surface area contributed by atoms with Gasteiger partial charge >= 0.3 is 0 Å². The molecule has 0 spiro atoms. The van der Waals surface area contributed by atoms with Gasteiger partial charge in [-0.3, -0.25) is 14.4 Å². The van der Waals surface area contributed by atoms with Crippen molar-refractivity contribution >= 4 is 35.0 Å². The molecule has 0 aliphatic carbocycles. The van der Waals surface area contributed by atoms with E-state index in [2.05, 4.69) is 29.5 Å². The summed E-state index contributed by atoms with van der Waals surface area (Å²) in [5, 5.41) is 15.6. The first kappa shape index (κ1) is 23.6. The van der Waals surface area contributed by atoms with E-state index in [9.17, 15) is 19.5 Å². The lowest BCUT2D eigenvalue weighted by Gasteiger charge is -2.12. The third-order valence-electron chi connectivity index (χ3n) is 4.32. The largest absolute Gasteiger partial charge is 0.390 e. The van der Waals surface area contributed by atoms with E-state index in [1.807, 2.05) is 0 Å². The van der Waals surface area contributed by atoms with Crippen molar-refractivity contribution in [2.75, 3.05) is 17.6 Å². The highest BCUT2D eigenvalue weighted by Gasteiger charge is 2.15. The molecular weight excluding hydrogens is 404 g/mol. The number of ketones is 1. The quantitative estimate of drug-likeness (QED) is 0.371. The van der Waals surface area contributed by atoms with Crippen LogP contribution in [0.25, 0.3) is 0 Å². The van der Waals surface area contributed by atoms with Crippen LogP contribution in [0.1, 0.15) is 43.2 Å². The molecule has 0 unspecified atom stereocenters. The zero-order valence-electron chi connectivity index (χ0n) is 17.5. The maximum Gasteiger partial charge on any atom is 0.240 e. The summed E-state index contributed by atoms with van der Waals surface area (Å²) >= 11 is 1.18. The topological polar surface area (TPSA) is 113 Å². The van der Waals surface area contributed by atoms with Crippen molar-refractivity contribution in [2.45, 2.75) is 45.5 Å². The normalized spacial score (nSPS) is 10.8. The number of carbonyl (C=O) groups is 3. The lowest BCUT2D eigenvalue weighted by Crippen LogP contribution is -2.30. The molecule has 0 aliphatic heterocycles. The number of hydrogen-bond donors (Lipinski definition) is 3. The number of aliphatic hydroxyl groups excluding tert-OH is 1. The van der Waals surface area contributed by atoms with Crippen LogP contribution in [0.3, 0.4) is 0 Å². The van der Waals surface area contributed by atoms with Crippen LogP contribution in [0.2, 0.25) is 0 Å². The maximum absolute atomic E-state index is 12.3. The number of Topliss-reactive ketones (excluding diaryl/α,β-unsaturated/α-hetero) is 1. The molecule has 1 aromatic carbocycles. The second kappa shape index (κ2) is 11.5. The Balaban J connectivity index is 1.92. The molecule has 2 aromatic rings. The van der Waals surface area contributed by atoms with E-state index >= 15 is 0 Å². The predicted molar refractivity (Wildman–Crippen MR) is 116 cm³/mol. The fourth-order valence-electron chi connectivity index (χ4n) is 2.62. The summed E-state index contributed by atoms with van der Waals surface area (Å²) in [5.41, 5.74) is 1.68. The fraction of sp³-hybridized carbons (Fsp3) is 0.429. The summed E-state index contributed by atoms with van der Waals surface area (Å²) in [6, 6.07) is 6.66. The highest BCUT2D eigenvalue weighted by atomic mass is 32.2. The van der Waals surface area contributed by atoms with Crippen LogP contribution in [0.15, 0.2) is 35.6 Å². The van der Waals surface area contributed by atoms with Crippen LogP contribution in [0.4, 0.5) is 5.69 Å². The Labute approximate surface area is 180 Å². The molecule has 162 valence electrons. The van der Waals surface area contributed by atoms with E-state index in [4.69, 9.17) is 0 Å². The number of nitrogens with one attached hydrogen (secondary N) is 2. The number of benzene rings is 1. The SMILES string of the molecule is CC(=O)c1ccc(NC(=O)CSc2ncc(CO)n2CC(=O)NCCC(C)C)cc1. The van der Waals surface area contributed by atoms with Crippen molar-refractivity contribution < 1.29 is 19.5 Å². The van der Waals surface area contributed by atoms with E-state index < -0.39 is 0 Å². The summed E-state index contributed by atoms with van der Waals surface area (Å²) in [5.74, 6) is 0.140. The molecule has 30 heavy (non-hydrogen) atoms. The molecule has 0 atom stereocenters. The number of anilines is 1. The van der Waals surface area contributed by atoms with Gasteiger partial charge in [-0.2, -0.15) is 0 Å². The zero-order valence-corrected chi connectivity index (χ0v) is 18.3. The molecule has 9 heteroatoms. The van der Waals surface area contributed by atoms with Gasteiger partial charge in [0.2, 0.25) is 11.8 Å². The van der Waals surface area contributed by atoms with Crippen molar-refractivity contribution in [1.29, 1.82) is 0 Å². The Hall–Kier alpha value is -2.65. The Kier molecular flexibility index (Phi) is 9.07. The maximum atomic E-state index is 12.3. The molecule has 0 saturated carbocycles. The molecular formula is C21H28N4O4S. The molecule has 0 aliphatic rings. The van der Waals surface area contributed by atoms with Crippen LogP contribution in [0, 0.1) is 5.92 Å². The average Bonchev–Trinajstić information content (AvgIpc) is 3.08. The first-order chi connectivity index (χ1) is 14.3. The molecule has 0 fully saturated rings. The third-order valence-corrected chi connectivity index (χ3v) is 5.31. The number of aromatic nitrogens is 2. The average molecular weight is 433 g/mol. The number of carbonyl (C=O) groups excluding carboxylic acids is 3. The van der Waals surface area contributed by atoms with Gasteiger partial charge in [0, 0.05) is 17.8 Å². The molecule has 0 radical (unpaired) electrons. The molecule has 8 nitrogen and oxygen atoms in total.